The van der Waals surface area contributed by atoms with Gasteiger partial charge in [0.05, 0.1) is 28.9 Å². The van der Waals surface area contributed by atoms with Crippen LogP contribution in [0.15, 0.2) is 36.5 Å². The van der Waals surface area contributed by atoms with Crippen molar-refractivity contribution in [2.45, 2.75) is 50.6 Å². The third kappa shape index (κ3) is 4.37. The summed E-state index contributed by atoms with van der Waals surface area (Å²) in [7, 11) is 1.49. The second kappa shape index (κ2) is 8.84. The van der Waals surface area contributed by atoms with Crippen LogP contribution in [0.2, 0.25) is 5.02 Å². The first kappa shape index (κ1) is 22.0. The molecule has 0 aliphatic heterocycles. The number of benzene rings is 2. The smallest absolute Gasteiger partial charge is 0.176 e. The van der Waals surface area contributed by atoms with Crippen molar-refractivity contribution in [1.82, 2.24) is 4.98 Å². The fourth-order valence-electron chi connectivity index (χ4n) is 4.64. The summed E-state index contributed by atoms with van der Waals surface area (Å²) >= 11 is 6.24. The maximum Gasteiger partial charge on any atom is 0.176 e. The number of hydrogen-bond donors (Lipinski definition) is 3. The number of fused-ring (bicyclic) bond motifs is 1. The molecule has 0 saturated heterocycles. The number of nitrogens with two attached hydrogens (primary N) is 1. The van der Waals surface area contributed by atoms with E-state index in [4.69, 9.17) is 22.1 Å². The van der Waals surface area contributed by atoms with Crippen LogP contribution >= 0.6 is 11.6 Å². The molecular formula is C26H28ClN3O3. The topological polar surface area (TPSA) is 97.5 Å². The van der Waals surface area contributed by atoms with E-state index in [2.05, 4.69) is 10.3 Å². The zero-order valence-electron chi connectivity index (χ0n) is 18.6. The number of rotatable bonds is 6. The van der Waals surface area contributed by atoms with Gasteiger partial charge in [-0.15, -0.1) is 0 Å². The number of nitrogens with zero attached hydrogens (tertiary/aromatic N) is 1. The molecule has 2 aliphatic carbocycles. The van der Waals surface area contributed by atoms with Gasteiger partial charge in [0.25, 0.3) is 0 Å². The molecule has 0 spiro atoms. The molecule has 0 amide bonds. The van der Waals surface area contributed by atoms with Crippen LogP contribution in [0.1, 0.15) is 48.9 Å². The van der Waals surface area contributed by atoms with E-state index in [0.29, 0.717) is 11.3 Å². The Kier molecular flexibility index (Phi) is 5.89. The van der Waals surface area contributed by atoms with Gasteiger partial charge in [0.1, 0.15) is 0 Å². The Bertz CT molecular complexity index is 1220. The third-order valence-electron chi connectivity index (χ3n) is 6.78. The van der Waals surface area contributed by atoms with Crippen LogP contribution in [-0.4, -0.2) is 35.1 Å². The molecule has 172 valence electrons. The second-order valence-electron chi connectivity index (χ2n) is 9.18. The highest BCUT2D eigenvalue weighted by Crippen LogP contribution is 2.41. The Hall–Kier alpha value is -2.83. The van der Waals surface area contributed by atoms with Crippen molar-refractivity contribution in [1.29, 1.82) is 0 Å². The van der Waals surface area contributed by atoms with Crippen molar-refractivity contribution in [2.75, 3.05) is 12.4 Å². The number of phenolic OH excluding ortho intramolecular Hbond substituents is 1. The molecule has 1 aromatic heterocycles. The van der Waals surface area contributed by atoms with Gasteiger partial charge in [-0.2, -0.15) is 0 Å². The maximum atomic E-state index is 13.1. The lowest BCUT2D eigenvalue weighted by Crippen LogP contribution is -2.33. The van der Waals surface area contributed by atoms with E-state index in [0.717, 1.165) is 66.2 Å². The highest BCUT2D eigenvalue weighted by molar-refractivity contribution is 6.32. The number of ether oxygens (including phenoxy) is 1. The highest BCUT2D eigenvalue weighted by Gasteiger charge is 2.33. The van der Waals surface area contributed by atoms with Crippen LogP contribution in [0.3, 0.4) is 0 Å². The van der Waals surface area contributed by atoms with E-state index in [1.54, 1.807) is 18.3 Å². The number of phenols is 1. The maximum absolute atomic E-state index is 13.1. The summed E-state index contributed by atoms with van der Waals surface area (Å²) < 4.78 is 5.28. The van der Waals surface area contributed by atoms with E-state index in [1.165, 1.54) is 7.11 Å². The number of halogens is 1. The average molecular weight is 466 g/mol. The predicted molar refractivity (Wildman–Crippen MR) is 131 cm³/mol. The van der Waals surface area contributed by atoms with Crippen LogP contribution in [0.25, 0.3) is 22.0 Å². The van der Waals surface area contributed by atoms with Crippen LogP contribution in [-0.2, 0) is 0 Å². The lowest BCUT2D eigenvalue weighted by atomic mass is 9.91. The van der Waals surface area contributed by atoms with E-state index in [1.807, 2.05) is 18.2 Å². The molecule has 7 heteroatoms. The molecule has 33 heavy (non-hydrogen) atoms. The molecule has 0 atom stereocenters. The van der Waals surface area contributed by atoms with E-state index >= 15 is 0 Å². The van der Waals surface area contributed by atoms with Crippen LogP contribution in [0.5, 0.6) is 11.5 Å². The molecular weight excluding hydrogens is 438 g/mol. The van der Waals surface area contributed by atoms with Gasteiger partial charge in [-0.25, -0.2) is 0 Å². The van der Waals surface area contributed by atoms with Gasteiger partial charge in [-0.05, 0) is 73.9 Å². The average Bonchev–Trinajstić information content (AvgIpc) is 3.67. The Morgan fingerprint density at radius 3 is 2.58 bits per heavy atom. The van der Waals surface area contributed by atoms with Crippen molar-refractivity contribution >= 4 is 34.0 Å². The van der Waals surface area contributed by atoms with E-state index < -0.39 is 0 Å². The number of hydrogen-bond acceptors (Lipinski definition) is 6. The number of pyridine rings is 1. The number of anilines is 1. The van der Waals surface area contributed by atoms with Gasteiger partial charge in [-0.3, -0.25) is 9.78 Å². The second-order valence-corrected chi connectivity index (χ2v) is 9.59. The molecule has 0 radical (unpaired) electrons. The van der Waals surface area contributed by atoms with Gasteiger partial charge in [-0.1, -0.05) is 17.7 Å². The zero-order valence-corrected chi connectivity index (χ0v) is 19.4. The number of ketones is 1. The van der Waals surface area contributed by atoms with Gasteiger partial charge >= 0.3 is 0 Å². The minimum atomic E-state index is -0.0828. The number of carbonyl (C=O) groups is 1. The normalized spacial score (nSPS) is 20.6. The Morgan fingerprint density at radius 1 is 1.12 bits per heavy atom. The summed E-state index contributed by atoms with van der Waals surface area (Å²) in [6.45, 7) is 0. The van der Waals surface area contributed by atoms with Crippen LogP contribution in [0.4, 0.5) is 5.69 Å². The number of methoxy groups -OCH3 is 1. The van der Waals surface area contributed by atoms with E-state index in [9.17, 15) is 9.90 Å². The van der Waals surface area contributed by atoms with Crippen molar-refractivity contribution in [2.24, 2.45) is 11.7 Å². The lowest BCUT2D eigenvalue weighted by Gasteiger charge is -2.29. The third-order valence-corrected chi connectivity index (χ3v) is 7.07. The molecule has 0 unspecified atom stereocenters. The van der Waals surface area contributed by atoms with Crippen molar-refractivity contribution < 1.29 is 14.6 Å². The monoisotopic (exact) mass is 465 g/mol. The fourth-order valence-corrected chi connectivity index (χ4v) is 4.85. The Morgan fingerprint density at radius 2 is 1.88 bits per heavy atom. The number of aromatic nitrogens is 1. The summed E-state index contributed by atoms with van der Waals surface area (Å²) in [6.07, 6.45) is 7.52. The van der Waals surface area contributed by atoms with Gasteiger partial charge in [0.15, 0.2) is 17.3 Å². The molecule has 5 rings (SSSR count). The fraction of sp³-hybridized carbons (Fsp3) is 0.385. The quantitative estimate of drug-likeness (QED) is 0.413. The van der Waals surface area contributed by atoms with Crippen LogP contribution < -0.4 is 15.8 Å². The lowest BCUT2D eigenvalue weighted by molar-refractivity contribution is 0.0968. The molecule has 0 bridgehead atoms. The minimum Gasteiger partial charge on any atom is -0.503 e. The molecule has 4 N–H and O–H groups in total. The zero-order chi connectivity index (χ0) is 23.1. The summed E-state index contributed by atoms with van der Waals surface area (Å²) in [6, 6.07) is 9.94. The Balaban J connectivity index is 1.62. The number of Topliss-reactive ketones (excluding diaryl/α,β-unsaturated/α-hetero) is 1. The van der Waals surface area contributed by atoms with Gasteiger partial charge in [0.2, 0.25) is 0 Å². The van der Waals surface area contributed by atoms with Gasteiger partial charge < -0.3 is 20.9 Å². The summed E-state index contributed by atoms with van der Waals surface area (Å²) in [5.41, 5.74) is 10.2. The first-order valence-corrected chi connectivity index (χ1v) is 11.9. The van der Waals surface area contributed by atoms with Crippen LogP contribution in [0, 0.1) is 5.92 Å². The SMILES string of the molecule is COc1cc(-c2ccc3ncc(C(=O)C4CC4)c(N[C@H]4CC[C@H](N)CC4)c3c2)cc(Cl)c1O. The standard InChI is InChI=1S/C26H28ClN3O3/c1-33-23-12-16(11-21(27)26(23)32)15-4-9-22-19(10-15)24(30-18-7-5-17(28)6-8-18)20(13-29-22)25(31)14-2-3-14/h4,9-14,17-18,32H,2-3,5-8,28H2,1H3,(H,29,30)/t17-,18-. The van der Waals surface area contributed by atoms with E-state index in [-0.39, 0.29) is 34.6 Å². The largest absolute Gasteiger partial charge is 0.503 e. The molecule has 6 nitrogen and oxygen atoms in total. The van der Waals surface area contributed by atoms with Crippen molar-refractivity contribution in [3.05, 3.63) is 47.1 Å². The molecule has 3 aromatic rings. The first-order valence-electron chi connectivity index (χ1n) is 11.5. The first-order chi connectivity index (χ1) is 15.9. The van der Waals surface area contributed by atoms with Crippen molar-refractivity contribution in [3.63, 3.8) is 0 Å². The van der Waals surface area contributed by atoms with Crippen molar-refractivity contribution in [3.8, 4) is 22.6 Å². The Labute approximate surface area is 198 Å². The minimum absolute atomic E-state index is 0.0828. The number of carbonyl (C=O) groups excluding carboxylic acids is 1. The molecule has 1 heterocycles. The summed E-state index contributed by atoms with van der Waals surface area (Å²) in [5, 5.41) is 14.9. The molecule has 2 aromatic carbocycles. The molecule has 2 fully saturated rings. The number of aromatic hydroxyl groups is 1. The molecule has 2 aliphatic rings. The van der Waals surface area contributed by atoms with Gasteiger partial charge in [0, 0.05) is 29.6 Å². The number of nitrogens with one attached hydrogen (secondary N) is 1. The highest BCUT2D eigenvalue weighted by atomic mass is 35.5. The summed E-state index contributed by atoms with van der Waals surface area (Å²) in [5.74, 6) is 0.498. The summed E-state index contributed by atoms with van der Waals surface area (Å²) in [4.78, 5) is 17.7. The molecule has 2 saturated carbocycles. The predicted octanol–water partition coefficient (Wildman–Crippen LogP) is 5.54.